The summed E-state index contributed by atoms with van der Waals surface area (Å²) in [5, 5.41) is 2.80. The van der Waals surface area contributed by atoms with Gasteiger partial charge in [-0.1, -0.05) is 48.5 Å². The van der Waals surface area contributed by atoms with E-state index in [1.54, 1.807) is 6.20 Å². The zero-order valence-corrected chi connectivity index (χ0v) is 17.7. The fourth-order valence-electron chi connectivity index (χ4n) is 4.76. The highest BCUT2D eigenvalue weighted by atomic mass is 16.2. The third-order valence-corrected chi connectivity index (χ3v) is 6.50. The average Bonchev–Trinajstić information content (AvgIpc) is 3.42. The van der Waals surface area contributed by atoms with E-state index >= 15 is 0 Å². The lowest BCUT2D eigenvalue weighted by Gasteiger charge is -2.23. The maximum atomic E-state index is 12.9. The number of amides is 2. The molecule has 0 unspecified atom stereocenters. The quantitative estimate of drug-likeness (QED) is 0.692. The number of fused-ring (bicyclic) bond motifs is 2. The van der Waals surface area contributed by atoms with Crippen molar-refractivity contribution in [2.24, 2.45) is 0 Å². The smallest absolute Gasteiger partial charge is 0.285 e. The molecule has 1 fully saturated rings. The molecule has 2 aromatic carbocycles. The van der Waals surface area contributed by atoms with Crippen LogP contribution in [-0.2, 0) is 18.5 Å². The molecule has 7 heteroatoms. The first kappa shape index (κ1) is 20.2. The highest BCUT2D eigenvalue weighted by Crippen LogP contribution is 2.41. The summed E-state index contributed by atoms with van der Waals surface area (Å²) < 4.78 is 1.91. The molecule has 2 aliphatic rings. The Labute approximate surface area is 185 Å². The molecule has 0 radical (unpaired) electrons. The van der Waals surface area contributed by atoms with Gasteiger partial charge in [0.05, 0.1) is 0 Å². The van der Waals surface area contributed by atoms with E-state index < -0.39 is 11.5 Å². The van der Waals surface area contributed by atoms with Gasteiger partial charge in [-0.15, -0.1) is 0 Å². The van der Waals surface area contributed by atoms with Crippen molar-refractivity contribution in [3.05, 3.63) is 99.7 Å². The second kappa shape index (κ2) is 8.07. The third-order valence-electron chi connectivity index (χ3n) is 6.50. The molecule has 2 aliphatic heterocycles. The van der Waals surface area contributed by atoms with Gasteiger partial charge in [-0.05, 0) is 30.5 Å². The zero-order valence-electron chi connectivity index (χ0n) is 17.7. The van der Waals surface area contributed by atoms with E-state index in [9.17, 15) is 14.4 Å². The Morgan fingerprint density at radius 2 is 1.66 bits per heavy atom. The maximum Gasteiger partial charge on any atom is 0.285 e. The molecule has 32 heavy (non-hydrogen) atoms. The lowest BCUT2D eigenvalue weighted by Crippen LogP contribution is -2.36. The number of carbonyl (C=O) groups is 2. The Bertz CT molecular complexity index is 1220. The summed E-state index contributed by atoms with van der Waals surface area (Å²) in [6.45, 7) is 2.19. The average molecular weight is 428 g/mol. The summed E-state index contributed by atoms with van der Waals surface area (Å²) in [5.74, 6) is 0.264. The van der Waals surface area contributed by atoms with Crippen molar-refractivity contribution in [1.82, 2.24) is 19.8 Å². The lowest BCUT2D eigenvalue weighted by atomic mass is 9.85. The fraction of sp³-hybridized carbons (Fsp3) is 0.280. The van der Waals surface area contributed by atoms with Crippen molar-refractivity contribution < 1.29 is 9.59 Å². The summed E-state index contributed by atoms with van der Waals surface area (Å²) in [5.41, 5.74) is 0.831. The van der Waals surface area contributed by atoms with Crippen LogP contribution in [0.25, 0.3) is 0 Å². The van der Waals surface area contributed by atoms with E-state index in [1.807, 2.05) is 70.1 Å². The lowest BCUT2D eigenvalue weighted by molar-refractivity contribution is 0.0783. The first-order chi connectivity index (χ1) is 15.6. The molecular weight excluding hydrogens is 404 g/mol. The van der Waals surface area contributed by atoms with Gasteiger partial charge in [0.1, 0.15) is 11.4 Å². The Hall–Kier alpha value is -3.74. The molecular formula is C25H24N4O3. The topological polar surface area (TPSA) is 84.3 Å². The molecule has 2 amide bonds. The summed E-state index contributed by atoms with van der Waals surface area (Å²) in [6.07, 6.45) is 3.19. The fourth-order valence-corrected chi connectivity index (χ4v) is 4.76. The predicted molar refractivity (Wildman–Crippen MR) is 119 cm³/mol. The molecule has 162 valence electrons. The van der Waals surface area contributed by atoms with Gasteiger partial charge < -0.3 is 14.8 Å². The maximum absolute atomic E-state index is 12.9. The van der Waals surface area contributed by atoms with Gasteiger partial charge in [-0.2, -0.15) is 4.98 Å². The van der Waals surface area contributed by atoms with Crippen molar-refractivity contribution in [1.29, 1.82) is 0 Å². The van der Waals surface area contributed by atoms with Gasteiger partial charge in [-0.3, -0.25) is 14.4 Å². The molecule has 7 nitrogen and oxygen atoms in total. The number of nitrogens with one attached hydrogen (secondary N) is 1. The van der Waals surface area contributed by atoms with Crippen molar-refractivity contribution in [2.45, 2.75) is 31.3 Å². The second-order valence-electron chi connectivity index (χ2n) is 8.52. The second-order valence-corrected chi connectivity index (χ2v) is 8.52. The van der Waals surface area contributed by atoms with E-state index in [2.05, 4.69) is 10.3 Å². The Morgan fingerprint density at radius 1 is 0.969 bits per heavy atom. The van der Waals surface area contributed by atoms with Gasteiger partial charge in [-0.25, -0.2) is 0 Å². The van der Waals surface area contributed by atoms with Crippen molar-refractivity contribution in [2.75, 3.05) is 13.1 Å². The van der Waals surface area contributed by atoms with Crippen molar-refractivity contribution in [3.8, 4) is 0 Å². The van der Waals surface area contributed by atoms with E-state index in [1.165, 1.54) is 0 Å². The van der Waals surface area contributed by atoms with E-state index in [0.717, 1.165) is 18.4 Å². The van der Waals surface area contributed by atoms with Crippen LogP contribution in [0.15, 0.2) is 71.7 Å². The molecule has 0 saturated carbocycles. The highest BCUT2D eigenvalue weighted by Gasteiger charge is 2.47. The van der Waals surface area contributed by atoms with Gasteiger partial charge in [0.25, 0.3) is 17.4 Å². The van der Waals surface area contributed by atoms with E-state index in [0.29, 0.717) is 37.6 Å². The molecule has 1 spiro atoms. The van der Waals surface area contributed by atoms with Crippen LogP contribution < -0.4 is 10.9 Å². The Kier molecular flexibility index (Phi) is 5.09. The normalized spacial score (nSPS) is 19.2. The molecule has 1 aromatic heterocycles. The van der Waals surface area contributed by atoms with Crippen LogP contribution >= 0.6 is 0 Å². The molecule has 0 bridgehead atoms. The minimum Gasteiger partial charge on any atom is -0.348 e. The van der Waals surface area contributed by atoms with Gasteiger partial charge in [0.15, 0.2) is 0 Å². The number of aryl methyl sites for hydroxylation is 1. The SMILES string of the molecule is O=C(NCc1ccccc1)c1cn2c(nc1=O)[C@]1(CCN(C(=O)c3ccccc3)C1)CC2. The van der Waals surface area contributed by atoms with Gasteiger partial charge >= 0.3 is 0 Å². The van der Waals surface area contributed by atoms with E-state index in [-0.39, 0.29) is 16.9 Å². The van der Waals surface area contributed by atoms with Crippen molar-refractivity contribution in [3.63, 3.8) is 0 Å². The number of hydrogen-bond acceptors (Lipinski definition) is 4. The first-order valence-corrected chi connectivity index (χ1v) is 10.8. The Balaban J connectivity index is 1.34. The molecule has 1 saturated heterocycles. The zero-order chi connectivity index (χ0) is 22.1. The molecule has 1 N–H and O–H groups in total. The molecule has 0 aliphatic carbocycles. The first-order valence-electron chi connectivity index (χ1n) is 10.8. The molecule has 3 aromatic rings. The minimum absolute atomic E-state index is 0.000168. The number of likely N-dealkylation sites (tertiary alicyclic amines) is 1. The summed E-state index contributed by atoms with van der Waals surface area (Å²) >= 11 is 0. The number of benzene rings is 2. The van der Waals surface area contributed by atoms with Crippen molar-refractivity contribution >= 4 is 11.8 Å². The predicted octanol–water partition coefficient (Wildman–Crippen LogP) is 2.36. The number of aromatic nitrogens is 2. The van der Waals surface area contributed by atoms with Crippen LogP contribution in [-0.4, -0.2) is 39.4 Å². The standard InChI is InChI=1S/C25H24N4O3/c30-21(26-15-18-7-3-1-4-8-18)20-16-28-13-11-25(24(28)27-22(20)31)12-14-29(17-25)23(32)19-9-5-2-6-10-19/h1-10,16H,11-15,17H2,(H,26,30)/t25-/m0/s1. The van der Waals surface area contributed by atoms with Crippen LogP contribution in [0.1, 0.15) is 44.9 Å². The molecule has 3 heterocycles. The van der Waals surface area contributed by atoms with Crippen LogP contribution in [0.5, 0.6) is 0 Å². The van der Waals surface area contributed by atoms with Gasteiger partial charge in [0, 0.05) is 43.4 Å². The van der Waals surface area contributed by atoms with Gasteiger partial charge in [0.2, 0.25) is 0 Å². The summed E-state index contributed by atoms with van der Waals surface area (Å²) in [7, 11) is 0. The molecule has 5 rings (SSSR count). The third kappa shape index (κ3) is 3.60. The minimum atomic E-state index is -0.518. The number of nitrogens with zero attached hydrogens (tertiary/aromatic N) is 3. The summed E-state index contributed by atoms with van der Waals surface area (Å²) in [4.78, 5) is 44.4. The van der Waals surface area contributed by atoms with Crippen LogP contribution in [0, 0.1) is 0 Å². The molecule has 1 atom stereocenters. The van der Waals surface area contributed by atoms with Crippen LogP contribution in [0.2, 0.25) is 0 Å². The highest BCUT2D eigenvalue weighted by molar-refractivity contribution is 5.94. The monoisotopic (exact) mass is 428 g/mol. The number of rotatable bonds is 4. The number of carbonyl (C=O) groups excluding carboxylic acids is 2. The van der Waals surface area contributed by atoms with Crippen LogP contribution in [0.3, 0.4) is 0 Å². The van der Waals surface area contributed by atoms with Crippen LogP contribution in [0.4, 0.5) is 0 Å². The largest absolute Gasteiger partial charge is 0.348 e. The van der Waals surface area contributed by atoms with E-state index in [4.69, 9.17) is 0 Å². The Morgan fingerprint density at radius 3 is 2.41 bits per heavy atom. The number of hydrogen-bond donors (Lipinski definition) is 1. The summed E-state index contributed by atoms with van der Waals surface area (Å²) in [6, 6.07) is 18.8.